The highest BCUT2D eigenvalue weighted by molar-refractivity contribution is 6.07. The van der Waals surface area contributed by atoms with Crippen LogP contribution in [0.1, 0.15) is 35.0 Å². The molecule has 1 fully saturated rings. The van der Waals surface area contributed by atoms with Crippen LogP contribution in [0.3, 0.4) is 0 Å². The predicted molar refractivity (Wildman–Crippen MR) is 72.5 cm³/mol. The standard InChI is InChI=1S/C14H12N4O2/c19-14(11-6-12(20-18-11)8-4-5-8)16-10-3-1-2-9-7-15-17-13(9)10/h1-3,6-8H,4-5H2,(H,15,17)(H,16,19). The van der Waals surface area contributed by atoms with Gasteiger partial charge >= 0.3 is 0 Å². The molecule has 20 heavy (non-hydrogen) atoms. The number of hydrogen-bond acceptors (Lipinski definition) is 4. The first-order valence-electron chi connectivity index (χ1n) is 6.51. The van der Waals surface area contributed by atoms with Gasteiger partial charge in [0.15, 0.2) is 5.69 Å². The molecule has 0 atom stereocenters. The molecule has 1 aliphatic carbocycles. The molecule has 2 aromatic heterocycles. The molecule has 0 spiro atoms. The van der Waals surface area contributed by atoms with Crippen LogP contribution in [0.4, 0.5) is 5.69 Å². The van der Waals surface area contributed by atoms with E-state index >= 15 is 0 Å². The lowest BCUT2D eigenvalue weighted by Crippen LogP contribution is -2.12. The predicted octanol–water partition coefficient (Wildman–Crippen LogP) is 2.68. The first-order chi connectivity index (χ1) is 9.81. The smallest absolute Gasteiger partial charge is 0.277 e. The van der Waals surface area contributed by atoms with Crippen LogP contribution in [-0.2, 0) is 0 Å². The number of para-hydroxylation sites is 1. The normalized spacial score (nSPS) is 14.6. The maximum atomic E-state index is 12.2. The largest absolute Gasteiger partial charge is 0.360 e. The molecule has 0 bridgehead atoms. The number of carbonyl (C=O) groups is 1. The molecule has 2 N–H and O–H groups in total. The molecule has 1 aromatic carbocycles. The highest BCUT2D eigenvalue weighted by atomic mass is 16.5. The van der Waals surface area contributed by atoms with E-state index in [0.29, 0.717) is 17.3 Å². The number of H-pyrrole nitrogens is 1. The second-order valence-corrected chi connectivity index (χ2v) is 4.98. The van der Waals surface area contributed by atoms with Gasteiger partial charge in [-0.25, -0.2) is 0 Å². The van der Waals surface area contributed by atoms with Gasteiger partial charge in [0.05, 0.1) is 17.4 Å². The minimum atomic E-state index is -0.275. The minimum Gasteiger partial charge on any atom is -0.360 e. The summed E-state index contributed by atoms with van der Waals surface area (Å²) in [6, 6.07) is 7.34. The Bertz CT molecular complexity index is 785. The van der Waals surface area contributed by atoms with Crippen molar-refractivity contribution in [3.8, 4) is 0 Å². The summed E-state index contributed by atoms with van der Waals surface area (Å²) in [4.78, 5) is 12.2. The summed E-state index contributed by atoms with van der Waals surface area (Å²) in [6.45, 7) is 0. The summed E-state index contributed by atoms with van der Waals surface area (Å²) in [5.41, 5.74) is 1.79. The zero-order valence-corrected chi connectivity index (χ0v) is 10.6. The van der Waals surface area contributed by atoms with Crippen molar-refractivity contribution in [3.63, 3.8) is 0 Å². The van der Waals surface area contributed by atoms with Gasteiger partial charge < -0.3 is 9.84 Å². The number of nitrogens with one attached hydrogen (secondary N) is 2. The number of rotatable bonds is 3. The van der Waals surface area contributed by atoms with E-state index in [4.69, 9.17) is 4.52 Å². The number of hydrogen-bond donors (Lipinski definition) is 2. The second-order valence-electron chi connectivity index (χ2n) is 4.98. The van der Waals surface area contributed by atoms with Crippen molar-refractivity contribution in [2.24, 2.45) is 0 Å². The van der Waals surface area contributed by atoms with E-state index in [-0.39, 0.29) is 5.91 Å². The van der Waals surface area contributed by atoms with E-state index in [1.165, 1.54) is 0 Å². The minimum absolute atomic E-state index is 0.275. The molecule has 1 amide bonds. The fraction of sp³-hybridized carbons (Fsp3) is 0.214. The van der Waals surface area contributed by atoms with Crippen LogP contribution in [0.15, 0.2) is 35.0 Å². The molecule has 1 aliphatic rings. The van der Waals surface area contributed by atoms with Crippen molar-refractivity contribution in [2.75, 3.05) is 5.32 Å². The Morgan fingerprint density at radius 1 is 1.40 bits per heavy atom. The quantitative estimate of drug-likeness (QED) is 0.764. The monoisotopic (exact) mass is 268 g/mol. The summed E-state index contributed by atoms with van der Waals surface area (Å²) in [5, 5.41) is 14.4. The molecule has 0 radical (unpaired) electrons. The Morgan fingerprint density at radius 3 is 3.15 bits per heavy atom. The zero-order chi connectivity index (χ0) is 13.5. The SMILES string of the molecule is O=C(Nc1cccc2cn[nH]c12)c1cc(C2CC2)on1. The third-order valence-corrected chi connectivity index (χ3v) is 3.47. The molecule has 4 rings (SSSR count). The van der Waals surface area contributed by atoms with E-state index in [0.717, 1.165) is 29.5 Å². The molecule has 0 aliphatic heterocycles. The topological polar surface area (TPSA) is 83.8 Å². The highest BCUT2D eigenvalue weighted by Gasteiger charge is 2.28. The van der Waals surface area contributed by atoms with Crippen LogP contribution in [0, 0.1) is 0 Å². The third-order valence-electron chi connectivity index (χ3n) is 3.47. The van der Waals surface area contributed by atoms with E-state index in [1.54, 1.807) is 12.3 Å². The lowest BCUT2D eigenvalue weighted by Gasteiger charge is -2.03. The Kier molecular flexibility index (Phi) is 2.35. The Labute approximate surface area is 114 Å². The molecule has 1 saturated carbocycles. The summed E-state index contributed by atoms with van der Waals surface area (Å²) in [6.07, 6.45) is 3.94. The number of carbonyl (C=O) groups excluding carboxylic acids is 1. The number of fused-ring (bicyclic) bond motifs is 1. The van der Waals surface area contributed by atoms with Crippen LogP contribution >= 0.6 is 0 Å². The first kappa shape index (κ1) is 11.2. The van der Waals surface area contributed by atoms with Gasteiger partial charge in [-0.1, -0.05) is 17.3 Å². The Morgan fingerprint density at radius 2 is 2.30 bits per heavy atom. The molecule has 3 aromatic rings. The van der Waals surface area contributed by atoms with E-state index in [2.05, 4.69) is 20.7 Å². The van der Waals surface area contributed by atoms with E-state index in [9.17, 15) is 4.79 Å². The number of amides is 1. The van der Waals surface area contributed by atoms with Gasteiger partial charge in [-0.2, -0.15) is 5.10 Å². The molecule has 6 heteroatoms. The van der Waals surface area contributed by atoms with Gasteiger partial charge in [0.25, 0.3) is 5.91 Å². The maximum Gasteiger partial charge on any atom is 0.277 e. The van der Waals surface area contributed by atoms with Gasteiger partial charge in [-0.05, 0) is 18.9 Å². The average molecular weight is 268 g/mol. The number of aromatic amines is 1. The molecule has 6 nitrogen and oxygen atoms in total. The zero-order valence-electron chi connectivity index (χ0n) is 10.6. The molecule has 0 unspecified atom stereocenters. The number of nitrogens with zero attached hydrogens (tertiary/aromatic N) is 2. The fourth-order valence-corrected chi connectivity index (χ4v) is 2.22. The molecule has 2 heterocycles. The third kappa shape index (κ3) is 1.85. The molecular weight excluding hydrogens is 256 g/mol. The van der Waals surface area contributed by atoms with E-state index < -0.39 is 0 Å². The van der Waals surface area contributed by atoms with Crippen molar-refractivity contribution in [3.05, 3.63) is 41.9 Å². The number of benzene rings is 1. The Balaban J connectivity index is 1.60. The lowest BCUT2D eigenvalue weighted by molar-refractivity contribution is 0.101. The highest BCUT2D eigenvalue weighted by Crippen LogP contribution is 2.40. The van der Waals surface area contributed by atoms with Crippen molar-refractivity contribution in [2.45, 2.75) is 18.8 Å². The van der Waals surface area contributed by atoms with Gasteiger partial charge in [-0.15, -0.1) is 0 Å². The van der Waals surface area contributed by atoms with Crippen LogP contribution in [-0.4, -0.2) is 21.3 Å². The molecular formula is C14H12N4O2. The van der Waals surface area contributed by atoms with Crippen LogP contribution in [0.25, 0.3) is 10.9 Å². The van der Waals surface area contributed by atoms with E-state index in [1.807, 2.05) is 18.2 Å². The number of anilines is 1. The Hall–Kier alpha value is -2.63. The van der Waals surface area contributed by atoms with Crippen LogP contribution in [0.5, 0.6) is 0 Å². The first-order valence-corrected chi connectivity index (χ1v) is 6.51. The van der Waals surface area contributed by atoms with Crippen molar-refractivity contribution >= 4 is 22.5 Å². The van der Waals surface area contributed by atoms with Crippen molar-refractivity contribution in [1.82, 2.24) is 15.4 Å². The molecule has 100 valence electrons. The number of aromatic nitrogens is 3. The fourth-order valence-electron chi connectivity index (χ4n) is 2.22. The van der Waals surface area contributed by atoms with Crippen LogP contribution < -0.4 is 5.32 Å². The van der Waals surface area contributed by atoms with Crippen LogP contribution in [0.2, 0.25) is 0 Å². The van der Waals surface area contributed by atoms with Gasteiger partial charge in [0.2, 0.25) is 0 Å². The van der Waals surface area contributed by atoms with Crippen molar-refractivity contribution in [1.29, 1.82) is 0 Å². The van der Waals surface area contributed by atoms with Gasteiger partial charge in [-0.3, -0.25) is 9.89 Å². The summed E-state index contributed by atoms with van der Waals surface area (Å²) in [7, 11) is 0. The van der Waals surface area contributed by atoms with Gasteiger partial charge in [0.1, 0.15) is 5.76 Å². The summed E-state index contributed by atoms with van der Waals surface area (Å²) >= 11 is 0. The summed E-state index contributed by atoms with van der Waals surface area (Å²) < 4.78 is 5.19. The maximum absolute atomic E-state index is 12.2. The summed E-state index contributed by atoms with van der Waals surface area (Å²) in [5.74, 6) is 0.970. The second kappa shape index (κ2) is 4.19. The average Bonchev–Trinajstić information content (AvgIpc) is 3.01. The lowest BCUT2D eigenvalue weighted by atomic mass is 10.2. The molecule has 0 saturated heterocycles. The van der Waals surface area contributed by atoms with Crippen molar-refractivity contribution < 1.29 is 9.32 Å². The van der Waals surface area contributed by atoms with Gasteiger partial charge in [0, 0.05) is 17.4 Å².